The zero-order valence-electron chi connectivity index (χ0n) is 10.2. The molecule has 1 aromatic carbocycles. The van der Waals surface area contributed by atoms with Crippen molar-refractivity contribution >= 4 is 11.6 Å². The maximum Gasteiger partial charge on any atom is 0.231 e. The van der Waals surface area contributed by atoms with Gasteiger partial charge in [0.25, 0.3) is 0 Å². The number of aliphatic hydroxyl groups excluding tert-OH is 1. The molecule has 4 nitrogen and oxygen atoms in total. The van der Waals surface area contributed by atoms with E-state index in [-0.39, 0.29) is 5.91 Å². The van der Waals surface area contributed by atoms with E-state index in [4.69, 9.17) is 4.42 Å². The monoisotopic (exact) mass is 261 g/mol. The summed E-state index contributed by atoms with van der Waals surface area (Å²) < 4.78 is 18.8. The van der Waals surface area contributed by atoms with Gasteiger partial charge in [0.1, 0.15) is 17.7 Å². The third-order valence-corrected chi connectivity index (χ3v) is 3.38. The van der Waals surface area contributed by atoms with E-state index < -0.39 is 17.8 Å². The molecular weight excluding hydrogens is 249 g/mol. The Bertz CT molecular complexity index is 636. The summed E-state index contributed by atoms with van der Waals surface area (Å²) in [5.74, 6) is -0.800. The standard InChI is InChI=1S/C14H12FNO3/c1-7-9-5-8(15)6-10(12(9)16-14(7)18)13(17)11-3-2-4-19-11/h2-7,13,17H,1H3,(H,16,18). The van der Waals surface area contributed by atoms with Crippen LogP contribution in [0.4, 0.5) is 10.1 Å². The smallest absolute Gasteiger partial charge is 0.231 e. The van der Waals surface area contributed by atoms with Gasteiger partial charge in [-0.15, -0.1) is 0 Å². The molecule has 2 atom stereocenters. The van der Waals surface area contributed by atoms with Gasteiger partial charge in [0, 0.05) is 5.56 Å². The molecule has 2 heterocycles. The van der Waals surface area contributed by atoms with Crippen molar-refractivity contribution in [3.63, 3.8) is 0 Å². The van der Waals surface area contributed by atoms with Gasteiger partial charge >= 0.3 is 0 Å². The van der Waals surface area contributed by atoms with Gasteiger partial charge in [0.05, 0.1) is 17.9 Å². The molecule has 2 unspecified atom stereocenters. The average molecular weight is 261 g/mol. The highest BCUT2D eigenvalue weighted by Gasteiger charge is 2.32. The average Bonchev–Trinajstić information content (AvgIpc) is 3.00. The fourth-order valence-electron chi connectivity index (χ4n) is 2.32. The summed E-state index contributed by atoms with van der Waals surface area (Å²) in [6.45, 7) is 1.70. The lowest BCUT2D eigenvalue weighted by atomic mass is 9.97. The molecule has 5 heteroatoms. The molecule has 0 saturated carbocycles. The van der Waals surface area contributed by atoms with Crippen molar-refractivity contribution in [3.8, 4) is 0 Å². The van der Waals surface area contributed by atoms with Crippen molar-refractivity contribution in [2.24, 2.45) is 0 Å². The van der Waals surface area contributed by atoms with Gasteiger partial charge in [-0.2, -0.15) is 0 Å². The van der Waals surface area contributed by atoms with Crippen LogP contribution in [0.25, 0.3) is 0 Å². The Morgan fingerprint density at radius 2 is 2.26 bits per heavy atom. The molecule has 3 rings (SSSR count). The number of hydrogen-bond acceptors (Lipinski definition) is 3. The Morgan fingerprint density at radius 3 is 2.95 bits per heavy atom. The summed E-state index contributed by atoms with van der Waals surface area (Å²) in [4.78, 5) is 11.7. The minimum absolute atomic E-state index is 0.200. The number of amides is 1. The first-order valence-electron chi connectivity index (χ1n) is 5.93. The van der Waals surface area contributed by atoms with Crippen LogP contribution in [0, 0.1) is 5.82 Å². The van der Waals surface area contributed by atoms with E-state index >= 15 is 0 Å². The first kappa shape index (κ1) is 11.9. The van der Waals surface area contributed by atoms with Gasteiger partial charge in [-0.05, 0) is 36.8 Å². The molecule has 0 fully saturated rings. The van der Waals surface area contributed by atoms with E-state index in [1.54, 1.807) is 19.1 Å². The van der Waals surface area contributed by atoms with Crippen molar-refractivity contribution in [1.82, 2.24) is 0 Å². The summed E-state index contributed by atoms with van der Waals surface area (Å²) in [5, 5.41) is 12.9. The second kappa shape index (κ2) is 4.20. The number of furan rings is 1. The molecule has 98 valence electrons. The molecule has 0 spiro atoms. The SMILES string of the molecule is CC1C(=O)Nc2c1cc(F)cc2C(O)c1ccco1. The first-order chi connectivity index (χ1) is 9.08. The van der Waals surface area contributed by atoms with Gasteiger partial charge < -0.3 is 14.8 Å². The maximum absolute atomic E-state index is 13.6. The molecule has 1 aliphatic rings. The van der Waals surface area contributed by atoms with E-state index in [0.717, 1.165) is 0 Å². The second-order valence-electron chi connectivity index (χ2n) is 4.59. The lowest BCUT2D eigenvalue weighted by Gasteiger charge is -2.13. The summed E-state index contributed by atoms with van der Waals surface area (Å²) >= 11 is 0. The molecule has 0 aliphatic carbocycles. The van der Waals surface area contributed by atoms with E-state index in [2.05, 4.69) is 5.32 Å². The van der Waals surface area contributed by atoms with Crippen molar-refractivity contribution in [2.75, 3.05) is 5.32 Å². The number of benzene rings is 1. The van der Waals surface area contributed by atoms with Gasteiger partial charge in [-0.25, -0.2) is 4.39 Å². The lowest BCUT2D eigenvalue weighted by Crippen LogP contribution is -2.09. The highest BCUT2D eigenvalue weighted by Crippen LogP contribution is 2.39. The Kier molecular flexibility index (Phi) is 2.64. The minimum atomic E-state index is -1.11. The summed E-state index contributed by atoms with van der Waals surface area (Å²) in [7, 11) is 0. The van der Waals surface area contributed by atoms with Crippen molar-refractivity contribution in [3.05, 3.63) is 53.2 Å². The second-order valence-corrected chi connectivity index (χ2v) is 4.59. The van der Waals surface area contributed by atoms with Crippen LogP contribution in [-0.4, -0.2) is 11.0 Å². The van der Waals surface area contributed by atoms with Crippen LogP contribution in [0.15, 0.2) is 34.9 Å². The number of fused-ring (bicyclic) bond motifs is 1. The van der Waals surface area contributed by atoms with E-state index in [0.29, 0.717) is 22.6 Å². The largest absolute Gasteiger partial charge is 0.466 e. The predicted molar refractivity (Wildman–Crippen MR) is 66.2 cm³/mol. The summed E-state index contributed by atoms with van der Waals surface area (Å²) in [6, 6.07) is 5.77. The molecule has 2 aromatic rings. The molecule has 0 bridgehead atoms. The van der Waals surface area contributed by atoms with Crippen molar-refractivity contribution in [2.45, 2.75) is 18.9 Å². The van der Waals surface area contributed by atoms with E-state index in [9.17, 15) is 14.3 Å². The molecule has 2 N–H and O–H groups in total. The number of carbonyl (C=O) groups excluding carboxylic acids is 1. The van der Waals surface area contributed by atoms with Crippen molar-refractivity contribution in [1.29, 1.82) is 0 Å². The number of anilines is 1. The number of carbonyl (C=O) groups is 1. The molecule has 1 amide bonds. The predicted octanol–water partition coefficient (Wildman–Crippen LogP) is 2.56. The van der Waals surface area contributed by atoms with Gasteiger partial charge in [0.15, 0.2) is 0 Å². The number of halogens is 1. The third-order valence-electron chi connectivity index (χ3n) is 3.38. The van der Waals surface area contributed by atoms with E-state index in [1.165, 1.54) is 18.4 Å². The fourth-order valence-corrected chi connectivity index (χ4v) is 2.32. The highest BCUT2D eigenvalue weighted by molar-refractivity contribution is 6.03. The Hall–Kier alpha value is -2.14. The lowest BCUT2D eigenvalue weighted by molar-refractivity contribution is -0.116. The quantitative estimate of drug-likeness (QED) is 0.873. The first-order valence-corrected chi connectivity index (χ1v) is 5.93. The highest BCUT2D eigenvalue weighted by atomic mass is 19.1. The van der Waals surface area contributed by atoms with Gasteiger partial charge in [-0.3, -0.25) is 4.79 Å². The number of aliphatic hydroxyl groups is 1. The molecular formula is C14H12FNO3. The van der Waals surface area contributed by atoms with Crippen LogP contribution in [0.1, 0.15) is 35.8 Å². The third kappa shape index (κ3) is 1.82. The Labute approximate surface area is 108 Å². The van der Waals surface area contributed by atoms with Crippen LogP contribution in [0.3, 0.4) is 0 Å². The molecule has 19 heavy (non-hydrogen) atoms. The van der Waals surface area contributed by atoms with E-state index in [1.807, 2.05) is 0 Å². The number of hydrogen-bond donors (Lipinski definition) is 2. The molecule has 1 aromatic heterocycles. The van der Waals surface area contributed by atoms with Crippen molar-refractivity contribution < 1.29 is 18.7 Å². The normalized spacial score (nSPS) is 19.1. The Balaban J connectivity index is 2.13. The Morgan fingerprint density at radius 1 is 1.47 bits per heavy atom. The van der Waals surface area contributed by atoms with Crippen LogP contribution in [0.5, 0.6) is 0 Å². The number of rotatable bonds is 2. The molecule has 0 radical (unpaired) electrons. The van der Waals surface area contributed by atoms with Crippen LogP contribution in [0.2, 0.25) is 0 Å². The molecule has 1 aliphatic heterocycles. The van der Waals surface area contributed by atoms with Gasteiger partial charge in [0.2, 0.25) is 5.91 Å². The summed E-state index contributed by atoms with van der Waals surface area (Å²) in [6.07, 6.45) is 0.323. The van der Waals surface area contributed by atoms with Gasteiger partial charge in [-0.1, -0.05) is 0 Å². The fraction of sp³-hybridized carbons (Fsp3) is 0.214. The molecule has 0 saturated heterocycles. The van der Waals surface area contributed by atoms with Crippen LogP contribution in [-0.2, 0) is 4.79 Å². The zero-order chi connectivity index (χ0) is 13.6. The topological polar surface area (TPSA) is 62.5 Å². The van der Waals surface area contributed by atoms with Crippen LogP contribution < -0.4 is 5.32 Å². The number of nitrogens with one attached hydrogen (secondary N) is 1. The summed E-state index contributed by atoms with van der Waals surface area (Å²) in [5.41, 5.74) is 1.34. The maximum atomic E-state index is 13.6. The minimum Gasteiger partial charge on any atom is -0.466 e. The zero-order valence-corrected chi connectivity index (χ0v) is 10.2. The van der Waals surface area contributed by atoms with Crippen LogP contribution >= 0.6 is 0 Å².